The highest BCUT2D eigenvalue weighted by Gasteiger charge is 2.52. The molecule has 0 radical (unpaired) electrons. The van der Waals surface area contributed by atoms with Crippen LogP contribution in [-0.2, 0) is 10.2 Å². The molecule has 2 aliphatic heterocycles. The molecule has 6 heteroatoms. The fraction of sp³-hybridized carbons (Fsp3) is 0.600. The van der Waals surface area contributed by atoms with Gasteiger partial charge in [-0.2, -0.15) is 0 Å². The molecule has 1 saturated heterocycles. The molecule has 1 aliphatic carbocycles. The van der Waals surface area contributed by atoms with Crippen LogP contribution in [0.4, 0.5) is 4.79 Å². The van der Waals surface area contributed by atoms with Crippen LogP contribution < -0.4 is 14.8 Å². The summed E-state index contributed by atoms with van der Waals surface area (Å²) in [5.74, 6) is 1.61. The van der Waals surface area contributed by atoms with Crippen molar-refractivity contribution in [1.29, 1.82) is 0 Å². The van der Waals surface area contributed by atoms with Gasteiger partial charge in [0.25, 0.3) is 5.91 Å². The normalized spacial score (nSPS) is 31.9. The van der Waals surface area contributed by atoms with Gasteiger partial charge in [0.15, 0.2) is 0 Å². The molecule has 2 fully saturated rings. The van der Waals surface area contributed by atoms with Crippen molar-refractivity contribution in [2.24, 2.45) is 0 Å². The lowest BCUT2D eigenvalue weighted by atomic mass is 9.85. The van der Waals surface area contributed by atoms with Gasteiger partial charge in [0.2, 0.25) is 0 Å². The summed E-state index contributed by atoms with van der Waals surface area (Å²) in [6, 6.07) is 5.53. The molecule has 2 heterocycles. The smallest absolute Gasteiger partial charge is 0.325 e. The van der Waals surface area contributed by atoms with Crippen molar-refractivity contribution in [2.75, 3.05) is 6.61 Å². The van der Waals surface area contributed by atoms with Gasteiger partial charge >= 0.3 is 6.03 Å². The molecule has 1 aromatic rings. The van der Waals surface area contributed by atoms with Gasteiger partial charge in [-0.25, -0.2) is 4.79 Å². The van der Waals surface area contributed by atoms with Crippen LogP contribution in [0, 0.1) is 0 Å². The molecule has 26 heavy (non-hydrogen) atoms. The molecular formula is C20H26N2O4. The summed E-state index contributed by atoms with van der Waals surface area (Å²) >= 11 is 0. The molecule has 0 unspecified atom stereocenters. The number of carbonyl (C=O) groups excluding carboxylic acids is 2. The molecule has 6 nitrogen and oxygen atoms in total. The Morgan fingerprint density at radius 3 is 2.65 bits per heavy atom. The van der Waals surface area contributed by atoms with Crippen LogP contribution >= 0.6 is 0 Å². The zero-order valence-electron chi connectivity index (χ0n) is 15.8. The van der Waals surface area contributed by atoms with Crippen molar-refractivity contribution < 1.29 is 19.1 Å². The summed E-state index contributed by atoms with van der Waals surface area (Å²) in [6.45, 7) is 8.64. The Labute approximate surface area is 153 Å². The molecule has 1 aromatic carbocycles. The van der Waals surface area contributed by atoms with Crippen LogP contribution in [0.25, 0.3) is 0 Å². The molecule has 0 aromatic heterocycles. The van der Waals surface area contributed by atoms with E-state index in [1.165, 1.54) is 4.90 Å². The average molecular weight is 358 g/mol. The number of urea groups is 1. The van der Waals surface area contributed by atoms with Gasteiger partial charge < -0.3 is 14.8 Å². The fourth-order valence-corrected chi connectivity index (χ4v) is 4.03. The van der Waals surface area contributed by atoms with Crippen molar-refractivity contribution in [1.82, 2.24) is 10.2 Å². The predicted octanol–water partition coefficient (Wildman–Crippen LogP) is 2.99. The minimum atomic E-state index is -0.773. The summed E-state index contributed by atoms with van der Waals surface area (Å²) in [6.07, 6.45) is 1.94. The monoisotopic (exact) mass is 358 g/mol. The highest BCUT2D eigenvalue weighted by Crippen LogP contribution is 2.45. The highest BCUT2D eigenvalue weighted by molar-refractivity contribution is 6.07. The van der Waals surface area contributed by atoms with E-state index in [4.69, 9.17) is 9.47 Å². The Morgan fingerprint density at radius 2 is 2.00 bits per heavy atom. The van der Waals surface area contributed by atoms with E-state index in [9.17, 15) is 9.59 Å². The maximum absolute atomic E-state index is 12.6. The van der Waals surface area contributed by atoms with E-state index in [0.29, 0.717) is 25.9 Å². The maximum atomic E-state index is 12.6. The number of imide groups is 1. The number of ether oxygens (including phenoxy) is 2. The number of carbonyl (C=O) groups is 2. The molecule has 140 valence electrons. The molecule has 3 amide bonds. The van der Waals surface area contributed by atoms with Gasteiger partial charge in [0.1, 0.15) is 23.1 Å². The third-order valence-electron chi connectivity index (χ3n) is 5.98. The Balaban J connectivity index is 1.44. The van der Waals surface area contributed by atoms with E-state index in [1.54, 1.807) is 6.92 Å². The number of hydrogen-bond donors (Lipinski definition) is 1. The molecular weight excluding hydrogens is 332 g/mol. The lowest BCUT2D eigenvalue weighted by Crippen LogP contribution is -2.52. The lowest BCUT2D eigenvalue weighted by molar-refractivity contribution is -0.135. The second-order valence-corrected chi connectivity index (χ2v) is 8.46. The summed E-state index contributed by atoms with van der Waals surface area (Å²) in [4.78, 5) is 26.2. The first kappa shape index (κ1) is 17.2. The maximum Gasteiger partial charge on any atom is 0.325 e. The van der Waals surface area contributed by atoms with E-state index in [1.807, 2.05) is 25.1 Å². The number of amides is 3. The van der Waals surface area contributed by atoms with Gasteiger partial charge in [0.05, 0.1) is 6.61 Å². The number of nitrogens with zero attached hydrogens (tertiary/aromatic N) is 1. The van der Waals surface area contributed by atoms with E-state index in [-0.39, 0.29) is 29.5 Å². The molecule has 1 N–H and O–H groups in total. The fourth-order valence-electron chi connectivity index (χ4n) is 4.03. The molecule has 3 aliphatic rings. The quantitative estimate of drug-likeness (QED) is 0.840. The zero-order chi connectivity index (χ0) is 18.7. The van der Waals surface area contributed by atoms with E-state index in [2.05, 4.69) is 19.2 Å². The number of hydrogen-bond acceptors (Lipinski definition) is 4. The Bertz CT molecular complexity index is 769. The van der Waals surface area contributed by atoms with Crippen molar-refractivity contribution in [3.63, 3.8) is 0 Å². The van der Waals surface area contributed by atoms with Crippen LogP contribution in [0.2, 0.25) is 0 Å². The van der Waals surface area contributed by atoms with Crippen LogP contribution in [-0.4, -0.2) is 41.1 Å². The first-order chi connectivity index (χ1) is 12.2. The molecule has 1 saturated carbocycles. The lowest BCUT2D eigenvalue weighted by Gasteiger charge is -2.40. The minimum absolute atomic E-state index is 0.0111. The third kappa shape index (κ3) is 2.46. The van der Waals surface area contributed by atoms with E-state index >= 15 is 0 Å². The van der Waals surface area contributed by atoms with Gasteiger partial charge in [0, 0.05) is 29.9 Å². The number of rotatable bonds is 4. The molecule has 0 spiro atoms. The molecule has 0 bridgehead atoms. The van der Waals surface area contributed by atoms with E-state index < -0.39 is 5.54 Å². The van der Waals surface area contributed by atoms with Gasteiger partial charge in [-0.15, -0.1) is 0 Å². The standard InChI is InChI=1S/C20H26N2O4/c1-5-20(4)17(23)22(18(24)21-20)12-9-13(10-12)26-15-8-6-7-14-16(15)19(2,3)11-25-14/h6-8,12-13H,5,9-11H2,1-4H3,(H,21,24)/t12?,13?,20-/m1/s1. The van der Waals surface area contributed by atoms with Gasteiger partial charge in [-0.1, -0.05) is 26.8 Å². The number of fused-ring (bicyclic) bond motifs is 1. The minimum Gasteiger partial charge on any atom is -0.492 e. The predicted molar refractivity (Wildman–Crippen MR) is 96.5 cm³/mol. The topological polar surface area (TPSA) is 67.9 Å². The summed E-state index contributed by atoms with van der Waals surface area (Å²) in [7, 11) is 0. The van der Waals surface area contributed by atoms with Crippen molar-refractivity contribution in [2.45, 2.75) is 70.1 Å². The highest BCUT2D eigenvalue weighted by atomic mass is 16.5. The largest absolute Gasteiger partial charge is 0.492 e. The van der Waals surface area contributed by atoms with Crippen LogP contribution in [0.15, 0.2) is 18.2 Å². The summed E-state index contributed by atoms with van der Waals surface area (Å²) in [5, 5.41) is 2.82. The Hall–Kier alpha value is -2.24. The number of nitrogens with one attached hydrogen (secondary N) is 1. The number of benzene rings is 1. The molecule has 1 atom stereocenters. The van der Waals surface area contributed by atoms with Gasteiger partial charge in [-0.05, 0) is 25.5 Å². The summed E-state index contributed by atoms with van der Waals surface area (Å²) in [5.41, 5.74) is 0.255. The van der Waals surface area contributed by atoms with Crippen LogP contribution in [0.5, 0.6) is 11.5 Å². The zero-order valence-corrected chi connectivity index (χ0v) is 15.8. The SMILES string of the molecule is CC[C@@]1(C)NC(=O)N(C2CC(Oc3cccc4c3C(C)(C)CO4)C2)C1=O. The summed E-state index contributed by atoms with van der Waals surface area (Å²) < 4.78 is 12.0. The van der Waals surface area contributed by atoms with Crippen molar-refractivity contribution in [3.8, 4) is 11.5 Å². The Kier molecular flexibility index (Phi) is 3.72. The van der Waals surface area contributed by atoms with Gasteiger partial charge in [-0.3, -0.25) is 9.69 Å². The van der Waals surface area contributed by atoms with Crippen molar-refractivity contribution >= 4 is 11.9 Å². The molecule has 4 rings (SSSR count). The second kappa shape index (κ2) is 5.63. The first-order valence-electron chi connectivity index (χ1n) is 9.34. The average Bonchev–Trinajstić information content (AvgIpc) is 2.99. The Morgan fingerprint density at radius 1 is 1.27 bits per heavy atom. The first-order valence-corrected chi connectivity index (χ1v) is 9.34. The van der Waals surface area contributed by atoms with Crippen LogP contribution in [0.3, 0.4) is 0 Å². The third-order valence-corrected chi connectivity index (χ3v) is 5.98. The second-order valence-electron chi connectivity index (χ2n) is 8.46. The van der Waals surface area contributed by atoms with Crippen LogP contribution in [0.1, 0.15) is 52.5 Å². The van der Waals surface area contributed by atoms with E-state index in [0.717, 1.165) is 17.1 Å². The van der Waals surface area contributed by atoms with Crippen molar-refractivity contribution in [3.05, 3.63) is 23.8 Å².